The number of hydrogen-bond acceptors (Lipinski definition) is 2. The molecule has 86 valence electrons. The fraction of sp³-hybridized carbons (Fsp3) is 0.286. The average Bonchev–Trinajstić information content (AvgIpc) is 2.51. The van der Waals surface area contributed by atoms with E-state index < -0.39 is 13.4 Å². The largest absolute Gasteiger partial charge is 0.673 e. The van der Waals surface area contributed by atoms with E-state index in [-0.39, 0.29) is 0 Å². The van der Waals surface area contributed by atoms with Gasteiger partial charge in [0.15, 0.2) is 0 Å². The van der Waals surface area contributed by atoms with Gasteiger partial charge in [0.05, 0.1) is 12.4 Å². The second-order valence-electron chi connectivity index (χ2n) is 2.63. The van der Waals surface area contributed by atoms with Crippen molar-refractivity contribution in [3.8, 4) is 0 Å². The fourth-order valence-electron chi connectivity index (χ4n) is 0.645. The topological polar surface area (TPSA) is 38.0 Å². The number of halogens is 4. The summed E-state index contributed by atoms with van der Waals surface area (Å²) in [5, 5.41) is 9.04. The Kier molecular flexibility index (Phi) is 5.06. The van der Waals surface area contributed by atoms with Gasteiger partial charge in [0.2, 0.25) is 0 Å². The molecule has 15 heavy (non-hydrogen) atoms. The van der Waals surface area contributed by atoms with Gasteiger partial charge in [-0.25, -0.2) is 4.98 Å². The zero-order chi connectivity index (χ0) is 12.1. The van der Waals surface area contributed by atoms with Gasteiger partial charge in [-0.3, -0.25) is 0 Å². The molecule has 8 heteroatoms. The Morgan fingerprint density at radius 1 is 1.47 bits per heavy atom. The van der Waals surface area contributed by atoms with Crippen LogP contribution in [0.15, 0.2) is 25.3 Å². The maximum atomic E-state index is 9.75. The monoisotopic (exact) mass is 225 g/mol. The van der Waals surface area contributed by atoms with Gasteiger partial charge in [-0.2, -0.15) is 0 Å². The third kappa shape index (κ3) is 7.74. The zero-order valence-corrected chi connectivity index (χ0v) is 7.95. The SMILES string of the molecule is C=C(C(C)O)n1ccnc1.F[B-](F)(F)F. The third-order valence-corrected chi connectivity index (χ3v) is 1.32. The van der Waals surface area contributed by atoms with Crippen molar-refractivity contribution in [2.75, 3.05) is 0 Å². The van der Waals surface area contributed by atoms with E-state index in [1.54, 1.807) is 30.2 Å². The molecule has 0 amide bonds. The van der Waals surface area contributed by atoms with Crippen molar-refractivity contribution >= 4 is 13.0 Å². The normalized spacial score (nSPS) is 12.7. The zero-order valence-electron chi connectivity index (χ0n) is 7.95. The molecule has 1 aromatic rings. The quantitative estimate of drug-likeness (QED) is 0.617. The molecule has 0 fully saturated rings. The van der Waals surface area contributed by atoms with Crippen LogP contribution in [0.25, 0.3) is 5.70 Å². The van der Waals surface area contributed by atoms with Crippen LogP contribution in [0.5, 0.6) is 0 Å². The molecular formula is C7H10BF4N2O-. The Bertz CT molecular complexity index is 290. The lowest BCUT2D eigenvalue weighted by atomic mass is 10.3. The van der Waals surface area contributed by atoms with E-state index in [9.17, 15) is 17.3 Å². The highest BCUT2D eigenvalue weighted by atomic mass is 19.5. The summed E-state index contributed by atoms with van der Waals surface area (Å²) in [5.41, 5.74) is 0.637. The number of aliphatic hydroxyl groups excluding tert-OH is 1. The molecule has 1 unspecified atom stereocenters. The van der Waals surface area contributed by atoms with Crippen LogP contribution in [-0.4, -0.2) is 28.0 Å². The molecule has 0 aromatic carbocycles. The number of rotatable bonds is 2. The van der Waals surface area contributed by atoms with E-state index in [0.717, 1.165) is 0 Å². The van der Waals surface area contributed by atoms with E-state index in [4.69, 9.17) is 5.11 Å². The Morgan fingerprint density at radius 3 is 2.20 bits per heavy atom. The Labute approximate surface area is 84.2 Å². The number of aliphatic hydroxyl groups is 1. The maximum Gasteiger partial charge on any atom is 0.673 e. The molecule has 0 aliphatic carbocycles. The average molecular weight is 225 g/mol. The summed E-state index contributed by atoms with van der Waals surface area (Å²) < 4.78 is 40.7. The summed E-state index contributed by atoms with van der Waals surface area (Å²) in [6.07, 6.45) is 4.48. The van der Waals surface area contributed by atoms with Gasteiger partial charge in [0.25, 0.3) is 0 Å². The number of hydrogen-bond donors (Lipinski definition) is 1. The minimum Gasteiger partial charge on any atom is -0.418 e. The summed E-state index contributed by atoms with van der Waals surface area (Å²) in [7, 11) is -6.00. The lowest BCUT2D eigenvalue weighted by Gasteiger charge is -2.07. The highest BCUT2D eigenvalue weighted by Gasteiger charge is 2.20. The van der Waals surface area contributed by atoms with Crippen LogP contribution in [0.1, 0.15) is 6.92 Å². The van der Waals surface area contributed by atoms with Crippen molar-refractivity contribution in [3.63, 3.8) is 0 Å². The van der Waals surface area contributed by atoms with E-state index >= 15 is 0 Å². The van der Waals surface area contributed by atoms with Crippen molar-refractivity contribution in [1.29, 1.82) is 0 Å². The smallest absolute Gasteiger partial charge is 0.418 e. The van der Waals surface area contributed by atoms with Crippen molar-refractivity contribution in [2.45, 2.75) is 13.0 Å². The molecule has 0 saturated carbocycles. The molecule has 3 nitrogen and oxygen atoms in total. The molecule has 1 heterocycles. The predicted molar refractivity (Wildman–Crippen MR) is 49.4 cm³/mol. The fourth-order valence-corrected chi connectivity index (χ4v) is 0.645. The van der Waals surface area contributed by atoms with Crippen LogP contribution >= 0.6 is 0 Å². The Morgan fingerprint density at radius 2 is 1.93 bits per heavy atom. The van der Waals surface area contributed by atoms with Gasteiger partial charge in [0, 0.05) is 18.1 Å². The van der Waals surface area contributed by atoms with Gasteiger partial charge >= 0.3 is 7.25 Å². The molecule has 0 saturated heterocycles. The van der Waals surface area contributed by atoms with Crippen LogP contribution in [0.3, 0.4) is 0 Å². The second kappa shape index (κ2) is 5.55. The van der Waals surface area contributed by atoms with E-state index in [0.29, 0.717) is 5.70 Å². The first-order valence-corrected chi connectivity index (χ1v) is 3.94. The molecule has 0 aliphatic heterocycles. The number of nitrogens with zero attached hydrogens (tertiary/aromatic N) is 2. The van der Waals surface area contributed by atoms with Crippen molar-refractivity contribution < 1.29 is 22.4 Å². The first-order chi connectivity index (χ1) is 6.72. The van der Waals surface area contributed by atoms with Crippen LogP contribution < -0.4 is 0 Å². The predicted octanol–water partition coefficient (Wildman–Crippen LogP) is 2.03. The van der Waals surface area contributed by atoms with Gasteiger partial charge in [0.1, 0.15) is 0 Å². The molecule has 1 rings (SSSR count). The van der Waals surface area contributed by atoms with Crippen molar-refractivity contribution in [3.05, 3.63) is 25.3 Å². The molecule has 1 aromatic heterocycles. The highest BCUT2D eigenvalue weighted by molar-refractivity contribution is 6.50. The standard InChI is InChI=1S/C7H10N2O.BF4/c1-6(7(2)10)9-4-3-8-5-9;2-1(3,4)5/h3-5,7,10H,1H2,2H3;/q;-1. The molecule has 0 spiro atoms. The van der Waals surface area contributed by atoms with Gasteiger partial charge in [-0.05, 0) is 6.92 Å². The van der Waals surface area contributed by atoms with Crippen molar-refractivity contribution in [2.24, 2.45) is 0 Å². The lowest BCUT2D eigenvalue weighted by molar-refractivity contribution is 0.247. The third-order valence-electron chi connectivity index (χ3n) is 1.32. The number of aromatic nitrogens is 2. The molecule has 0 bridgehead atoms. The summed E-state index contributed by atoms with van der Waals surface area (Å²) in [6, 6.07) is 0. The van der Waals surface area contributed by atoms with Crippen LogP contribution in [0, 0.1) is 0 Å². The van der Waals surface area contributed by atoms with Gasteiger partial charge < -0.3 is 26.9 Å². The van der Waals surface area contributed by atoms with Crippen molar-refractivity contribution in [1.82, 2.24) is 9.55 Å². The minimum absolute atomic E-state index is 0.519. The van der Waals surface area contributed by atoms with Crippen LogP contribution in [0.4, 0.5) is 17.3 Å². The van der Waals surface area contributed by atoms with Gasteiger partial charge in [-0.15, -0.1) is 0 Å². The molecule has 1 atom stereocenters. The summed E-state index contributed by atoms with van der Waals surface area (Å²) >= 11 is 0. The number of imidazole rings is 1. The first kappa shape index (κ1) is 13.7. The maximum absolute atomic E-state index is 9.75. The van der Waals surface area contributed by atoms with E-state index in [1.165, 1.54) is 0 Å². The molecular weight excluding hydrogens is 215 g/mol. The Balaban J connectivity index is 0.000000336. The van der Waals surface area contributed by atoms with Crippen LogP contribution in [-0.2, 0) is 0 Å². The summed E-state index contributed by atoms with van der Waals surface area (Å²) in [5.74, 6) is 0. The Hall–Kier alpha value is -1.31. The molecule has 1 N–H and O–H groups in total. The summed E-state index contributed by atoms with van der Waals surface area (Å²) in [4.78, 5) is 3.82. The van der Waals surface area contributed by atoms with Crippen LogP contribution in [0.2, 0.25) is 0 Å². The molecule has 0 aliphatic rings. The van der Waals surface area contributed by atoms with E-state index in [2.05, 4.69) is 11.6 Å². The highest BCUT2D eigenvalue weighted by Crippen LogP contribution is 2.06. The summed E-state index contributed by atoms with van der Waals surface area (Å²) in [6.45, 7) is 5.34. The second-order valence-corrected chi connectivity index (χ2v) is 2.63. The lowest BCUT2D eigenvalue weighted by Crippen LogP contribution is -2.07. The van der Waals surface area contributed by atoms with Gasteiger partial charge in [-0.1, -0.05) is 6.58 Å². The first-order valence-electron chi connectivity index (χ1n) is 3.94. The minimum atomic E-state index is -6.00. The van der Waals surface area contributed by atoms with E-state index in [1.807, 2.05) is 0 Å². The molecule has 0 radical (unpaired) electrons.